The van der Waals surface area contributed by atoms with Crippen LogP contribution in [0.3, 0.4) is 0 Å². The van der Waals surface area contributed by atoms with Crippen molar-refractivity contribution in [3.05, 3.63) is 42.1 Å². The molecule has 1 amide bonds. The number of carbonyl (C=O) groups excluding carboxylic acids is 1. The van der Waals surface area contributed by atoms with E-state index >= 15 is 0 Å². The van der Waals surface area contributed by atoms with Crippen molar-refractivity contribution in [1.82, 2.24) is 10.3 Å². The lowest BCUT2D eigenvalue weighted by molar-refractivity contribution is 0.0918. The molecule has 0 saturated heterocycles. The third kappa shape index (κ3) is 1.88. The summed E-state index contributed by atoms with van der Waals surface area (Å²) in [4.78, 5) is 16.4. The van der Waals surface area contributed by atoms with Gasteiger partial charge in [-0.2, -0.15) is 0 Å². The molecule has 0 spiro atoms. The summed E-state index contributed by atoms with van der Waals surface area (Å²) in [6.45, 7) is 0. The van der Waals surface area contributed by atoms with Crippen molar-refractivity contribution in [3.8, 4) is 0 Å². The van der Waals surface area contributed by atoms with E-state index in [4.69, 9.17) is 0 Å². The predicted molar refractivity (Wildman–Crippen MR) is 66.8 cm³/mol. The Morgan fingerprint density at radius 1 is 1.24 bits per heavy atom. The largest absolute Gasteiger partial charge is 0.349 e. The van der Waals surface area contributed by atoms with E-state index < -0.39 is 0 Å². The van der Waals surface area contributed by atoms with Crippen molar-refractivity contribution < 1.29 is 4.79 Å². The SMILES string of the molecule is O=C(NC1CCC1)c1cccc2ncccc12. The molecular weight excluding hydrogens is 212 g/mol. The third-order valence-electron chi connectivity index (χ3n) is 3.33. The highest BCUT2D eigenvalue weighted by atomic mass is 16.1. The monoisotopic (exact) mass is 226 g/mol. The Morgan fingerprint density at radius 2 is 2.12 bits per heavy atom. The van der Waals surface area contributed by atoms with Crippen LogP contribution in [0.15, 0.2) is 36.5 Å². The van der Waals surface area contributed by atoms with Crippen LogP contribution in [0.4, 0.5) is 0 Å². The first-order valence-corrected chi connectivity index (χ1v) is 5.99. The van der Waals surface area contributed by atoms with Crippen LogP contribution in [0.5, 0.6) is 0 Å². The van der Waals surface area contributed by atoms with Crippen LogP contribution in [0.2, 0.25) is 0 Å². The van der Waals surface area contributed by atoms with E-state index in [-0.39, 0.29) is 5.91 Å². The highest BCUT2D eigenvalue weighted by Gasteiger charge is 2.20. The molecule has 1 heterocycles. The van der Waals surface area contributed by atoms with E-state index in [0.717, 1.165) is 29.3 Å². The zero-order valence-corrected chi connectivity index (χ0v) is 9.52. The highest BCUT2D eigenvalue weighted by Crippen LogP contribution is 2.20. The van der Waals surface area contributed by atoms with Crippen LogP contribution in [0.25, 0.3) is 10.9 Å². The average Bonchev–Trinajstić information content (AvgIpc) is 2.33. The molecule has 1 aliphatic carbocycles. The van der Waals surface area contributed by atoms with E-state index in [2.05, 4.69) is 10.3 Å². The standard InChI is InChI=1S/C14H14N2O/c17-14(16-10-4-1-5-10)12-6-2-8-13-11(12)7-3-9-15-13/h2-3,6-10H,1,4-5H2,(H,16,17). The number of rotatable bonds is 2. The fraction of sp³-hybridized carbons (Fsp3) is 0.286. The molecule has 3 rings (SSSR count). The van der Waals surface area contributed by atoms with Gasteiger partial charge in [0.2, 0.25) is 0 Å². The number of hydrogen-bond donors (Lipinski definition) is 1. The molecule has 1 saturated carbocycles. The number of fused-ring (bicyclic) bond motifs is 1. The van der Waals surface area contributed by atoms with Gasteiger partial charge in [-0.05, 0) is 37.5 Å². The summed E-state index contributed by atoms with van der Waals surface area (Å²) in [6, 6.07) is 9.84. The van der Waals surface area contributed by atoms with E-state index in [0.29, 0.717) is 6.04 Å². The first-order chi connectivity index (χ1) is 8.34. The Morgan fingerprint density at radius 3 is 2.88 bits per heavy atom. The zero-order valence-electron chi connectivity index (χ0n) is 9.52. The number of nitrogens with zero attached hydrogens (tertiary/aromatic N) is 1. The lowest BCUT2D eigenvalue weighted by atomic mass is 9.93. The number of nitrogens with one attached hydrogen (secondary N) is 1. The minimum atomic E-state index is 0.0216. The van der Waals surface area contributed by atoms with Gasteiger partial charge in [0.15, 0.2) is 0 Å². The maximum Gasteiger partial charge on any atom is 0.252 e. The molecule has 17 heavy (non-hydrogen) atoms. The fourth-order valence-corrected chi connectivity index (χ4v) is 2.12. The smallest absolute Gasteiger partial charge is 0.252 e. The fourth-order valence-electron chi connectivity index (χ4n) is 2.12. The molecule has 0 unspecified atom stereocenters. The van der Waals surface area contributed by atoms with Crippen LogP contribution in [0, 0.1) is 0 Å². The molecule has 3 heteroatoms. The van der Waals surface area contributed by atoms with Gasteiger partial charge in [0.05, 0.1) is 5.52 Å². The molecule has 1 aromatic carbocycles. The molecular formula is C14H14N2O. The molecule has 0 aliphatic heterocycles. The quantitative estimate of drug-likeness (QED) is 0.855. The number of hydrogen-bond acceptors (Lipinski definition) is 2. The van der Waals surface area contributed by atoms with Crippen molar-refractivity contribution in [2.24, 2.45) is 0 Å². The van der Waals surface area contributed by atoms with Gasteiger partial charge in [-0.15, -0.1) is 0 Å². The molecule has 1 aliphatic rings. The summed E-state index contributed by atoms with van der Waals surface area (Å²) >= 11 is 0. The normalized spacial score (nSPS) is 15.5. The number of carbonyl (C=O) groups is 1. The lowest BCUT2D eigenvalue weighted by Crippen LogP contribution is -2.39. The second kappa shape index (κ2) is 4.17. The van der Waals surface area contributed by atoms with E-state index in [1.54, 1.807) is 6.20 Å². The summed E-state index contributed by atoms with van der Waals surface area (Å²) in [5, 5.41) is 3.98. The highest BCUT2D eigenvalue weighted by molar-refractivity contribution is 6.06. The van der Waals surface area contributed by atoms with Crippen LogP contribution in [-0.4, -0.2) is 16.9 Å². The molecule has 1 aromatic heterocycles. The van der Waals surface area contributed by atoms with Gasteiger partial charge in [0.25, 0.3) is 5.91 Å². The first kappa shape index (κ1) is 10.3. The summed E-state index contributed by atoms with van der Waals surface area (Å²) in [5.74, 6) is 0.0216. The number of aromatic nitrogens is 1. The van der Waals surface area contributed by atoms with Crippen molar-refractivity contribution in [3.63, 3.8) is 0 Å². The molecule has 1 fully saturated rings. The Labute approximate surface area is 99.9 Å². The molecule has 0 bridgehead atoms. The van der Waals surface area contributed by atoms with Crippen molar-refractivity contribution in [2.75, 3.05) is 0 Å². The van der Waals surface area contributed by atoms with Gasteiger partial charge >= 0.3 is 0 Å². The van der Waals surface area contributed by atoms with Crippen molar-refractivity contribution >= 4 is 16.8 Å². The average molecular weight is 226 g/mol. The molecule has 1 N–H and O–H groups in total. The molecule has 0 atom stereocenters. The van der Waals surface area contributed by atoms with Gasteiger partial charge in [0.1, 0.15) is 0 Å². The van der Waals surface area contributed by atoms with Gasteiger partial charge < -0.3 is 5.32 Å². The Kier molecular flexibility index (Phi) is 2.52. The van der Waals surface area contributed by atoms with E-state index in [1.165, 1.54) is 6.42 Å². The van der Waals surface area contributed by atoms with Crippen LogP contribution >= 0.6 is 0 Å². The minimum absolute atomic E-state index is 0.0216. The molecule has 86 valence electrons. The summed E-state index contributed by atoms with van der Waals surface area (Å²) in [6.07, 6.45) is 5.18. The Balaban J connectivity index is 1.95. The van der Waals surface area contributed by atoms with Crippen molar-refractivity contribution in [1.29, 1.82) is 0 Å². The Hall–Kier alpha value is -1.90. The summed E-state index contributed by atoms with van der Waals surface area (Å²) in [5.41, 5.74) is 1.59. The second-order valence-corrected chi connectivity index (χ2v) is 4.48. The van der Waals surface area contributed by atoms with Crippen LogP contribution in [-0.2, 0) is 0 Å². The lowest BCUT2D eigenvalue weighted by Gasteiger charge is -2.26. The minimum Gasteiger partial charge on any atom is -0.349 e. The van der Waals surface area contributed by atoms with Gasteiger partial charge in [-0.3, -0.25) is 9.78 Å². The maximum atomic E-state index is 12.1. The van der Waals surface area contributed by atoms with Crippen LogP contribution < -0.4 is 5.32 Å². The first-order valence-electron chi connectivity index (χ1n) is 5.99. The van der Waals surface area contributed by atoms with E-state index in [9.17, 15) is 4.79 Å². The van der Waals surface area contributed by atoms with Gasteiger partial charge in [-0.1, -0.05) is 12.1 Å². The maximum absolute atomic E-state index is 12.1. The third-order valence-corrected chi connectivity index (χ3v) is 3.33. The van der Waals surface area contributed by atoms with Gasteiger partial charge in [0, 0.05) is 23.2 Å². The second-order valence-electron chi connectivity index (χ2n) is 4.48. The van der Waals surface area contributed by atoms with Crippen LogP contribution in [0.1, 0.15) is 29.6 Å². The summed E-state index contributed by atoms with van der Waals surface area (Å²) in [7, 11) is 0. The summed E-state index contributed by atoms with van der Waals surface area (Å²) < 4.78 is 0. The molecule has 0 radical (unpaired) electrons. The zero-order chi connectivity index (χ0) is 11.7. The number of amides is 1. The molecule has 2 aromatic rings. The number of benzene rings is 1. The van der Waals surface area contributed by atoms with Crippen molar-refractivity contribution in [2.45, 2.75) is 25.3 Å². The topological polar surface area (TPSA) is 42.0 Å². The number of pyridine rings is 1. The predicted octanol–water partition coefficient (Wildman–Crippen LogP) is 2.52. The Bertz CT molecular complexity index is 556. The van der Waals surface area contributed by atoms with E-state index in [1.807, 2.05) is 30.3 Å². The van der Waals surface area contributed by atoms with Gasteiger partial charge in [-0.25, -0.2) is 0 Å². The molecule has 3 nitrogen and oxygen atoms in total.